The van der Waals surface area contributed by atoms with Crippen LogP contribution in [0.2, 0.25) is 0 Å². The molecule has 0 aromatic heterocycles. The first-order valence-electron chi connectivity index (χ1n) is 3.36. The molecule has 0 saturated heterocycles. The third kappa shape index (κ3) is 3.16. The number of aliphatic hydroxyl groups excluding tert-OH is 1. The van der Waals surface area contributed by atoms with Gasteiger partial charge in [-0.15, -0.1) is 6.42 Å². The van der Waals surface area contributed by atoms with Crippen molar-refractivity contribution in [2.24, 2.45) is 5.92 Å². The average molecular weight is 126 g/mol. The van der Waals surface area contributed by atoms with Crippen molar-refractivity contribution < 1.29 is 5.11 Å². The van der Waals surface area contributed by atoms with E-state index in [1.165, 1.54) is 0 Å². The molecule has 1 heteroatoms. The van der Waals surface area contributed by atoms with Gasteiger partial charge in [0.1, 0.15) is 6.10 Å². The summed E-state index contributed by atoms with van der Waals surface area (Å²) in [6.07, 6.45) is 6.54. The van der Waals surface area contributed by atoms with Gasteiger partial charge in [-0.05, 0) is 12.3 Å². The quantitative estimate of drug-likeness (QED) is 0.567. The normalized spacial score (nSPS) is 16.2. The monoisotopic (exact) mass is 126 g/mol. The lowest BCUT2D eigenvalue weighted by Crippen LogP contribution is -2.14. The lowest BCUT2D eigenvalue weighted by Gasteiger charge is -2.10. The van der Waals surface area contributed by atoms with Gasteiger partial charge in [-0.1, -0.05) is 26.2 Å². The first kappa shape index (κ1) is 8.52. The first-order valence-corrected chi connectivity index (χ1v) is 3.36. The van der Waals surface area contributed by atoms with Crippen molar-refractivity contribution in [3.05, 3.63) is 0 Å². The number of hydrogen-bond acceptors (Lipinski definition) is 1. The minimum atomic E-state index is -0.551. The fourth-order valence-corrected chi connectivity index (χ4v) is 0.777. The van der Waals surface area contributed by atoms with E-state index in [9.17, 15) is 0 Å². The summed E-state index contributed by atoms with van der Waals surface area (Å²) < 4.78 is 0. The van der Waals surface area contributed by atoms with Gasteiger partial charge in [0.15, 0.2) is 0 Å². The second-order valence-electron chi connectivity index (χ2n) is 2.38. The smallest absolute Gasteiger partial charge is 0.117 e. The molecule has 0 aliphatic heterocycles. The number of hydrogen-bond donors (Lipinski definition) is 1. The number of terminal acetylenes is 1. The Labute approximate surface area is 57.1 Å². The van der Waals surface area contributed by atoms with Crippen LogP contribution in [-0.2, 0) is 0 Å². The van der Waals surface area contributed by atoms with Crippen LogP contribution in [0.3, 0.4) is 0 Å². The summed E-state index contributed by atoms with van der Waals surface area (Å²) in [6.45, 7) is 4.05. The Hall–Kier alpha value is -0.480. The molecule has 9 heavy (non-hydrogen) atoms. The van der Waals surface area contributed by atoms with Gasteiger partial charge in [-0.3, -0.25) is 0 Å². The zero-order valence-corrected chi connectivity index (χ0v) is 6.09. The average Bonchev–Trinajstić information content (AvgIpc) is 1.87. The zero-order chi connectivity index (χ0) is 7.28. The molecule has 0 saturated carbocycles. The summed E-state index contributed by atoms with van der Waals surface area (Å²) >= 11 is 0. The van der Waals surface area contributed by atoms with E-state index in [-0.39, 0.29) is 5.92 Å². The van der Waals surface area contributed by atoms with Crippen LogP contribution in [0.15, 0.2) is 0 Å². The van der Waals surface area contributed by atoms with Crippen LogP contribution >= 0.6 is 0 Å². The fourth-order valence-electron chi connectivity index (χ4n) is 0.777. The molecular formula is C8H14O. The highest BCUT2D eigenvalue weighted by molar-refractivity contribution is 4.95. The summed E-state index contributed by atoms with van der Waals surface area (Å²) in [6, 6.07) is 0. The minimum Gasteiger partial charge on any atom is -0.380 e. The van der Waals surface area contributed by atoms with Gasteiger partial charge in [0.25, 0.3) is 0 Å². The van der Waals surface area contributed by atoms with Gasteiger partial charge < -0.3 is 5.11 Å². The maximum atomic E-state index is 9.02. The van der Waals surface area contributed by atoms with Crippen molar-refractivity contribution in [2.45, 2.75) is 32.8 Å². The second-order valence-corrected chi connectivity index (χ2v) is 2.38. The predicted molar refractivity (Wildman–Crippen MR) is 38.9 cm³/mol. The molecule has 0 heterocycles. The molecule has 0 radical (unpaired) electrons. The zero-order valence-electron chi connectivity index (χ0n) is 6.09. The summed E-state index contributed by atoms with van der Waals surface area (Å²) in [5.41, 5.74) is 0. The van der Waals surface area contributed by atoms with E-state index in [2.05, 4.69) is 12.8 Å². The maximum absolute atomic E-state index is 9.02. The molecule has 0 spiro atoms. The number of aliphatic hydroxyl groups is 1. The topological polar surface area (TPSA) is 20.2 Å². The third-order valence-corrected chi connectivity index (χ3v) is 1.45. The van der Waals surface area contributed by atoms with Crippen molar-refractivity contribution in [1.29, 1.82) is 0 Å². The van der Waals surface area contributed by atoms with Gasteiger partial charge in [0, 0.05) is 0 Å². The van der Waals surface area contributed by atoms with Gasteiger partial charge in [0.05, 0.1) is 0 Å². The van der Waals surface area contributed by atoms with Crippen LogP contribution in [0.5, 0.6) is 0 Å². The van der Waals surface area contributed by atoms with Crippen molar-refractivity contribution in [1.82, 2.24) is 0 Å². The number of rotatable bonds is 3. The van der Waals surface area contributed by atoms with Crippen LogP contribution in [0.4, 0.5) is 0 Å². The molecule has 0 aromatic rings. The van der Waals surface area contributed by atoms with Gasteiger partial charge in [0.2, 0.25) is 0 Å². The van der Waals surface area contributed by atoms with Gasteiger partial charge in [-0.2, -0.15) is 0 Å². The molecule has 1 nitrogen and oxygen atoms in total. The highest BCUT2D eigenvalue weighted by Gasteiger charge is 2.08. The molecular weight excluding hydrogens is 112 g/mol. The standard InChI is InChI=1S/C8H14O/c1-4-6-7(3)8(9)5-2/h2,7-9H,4,6H2,1,3H3/t7-,8-/m0/s1. The molecule has 0 aliphatic rings. The largest absolute Gasteiger partial charge is 0.380 e. The lowest BCUT2D eigenvalue weighted by atomic mass is 10.0. The van der Waals surface area contributed by atoms with Crippen LogP contribution in [0.25, 0.3) is 0 Å². The molecule has 52 valence electrons. The molecule has 0 rings (SSSR count). The van der Waals surface area contributed by atoms with E-state index in [1.54, 1.807) is 0 Å². The molecule has 1 N–H and O–H groups in total. The van der Waals surface area contributed by atoms with E-state index in [0.29, 0.717) is 0 Å². The lowest BCUT2D eigenvalue weighted by molar-refractivity contribution is 0.165. The summed E-state index contributed by atoms with van der Waals surface area (Å²) in [5.74, 6) is 2.56. The third-order valence-electron chi connectivity index (χ3n) is 1.45. The van der Waals surface area contributed by atoms with E-state index in [0.717, 1.165) is 12.8 Å². The highest BCUT2D eigenvalue weighted by atomic mass is 16.3. The Balaban J connectivity index is 3.48. The minimum absolute atomic E-state index is 0.250. The molecule has 0 amide bonds. The highest BCUT2D eigenvalue weighted by Crippen LogP contribution is 2.08. The molecule has 0 aliphatic carbocycles. The maximum Gasteiger partial charge on any atom is 0.117 e. The Bertz CT molecular complexity index is 102. The van der Waals surface area contributed by atoms with Gasteiger partial charge in [-0.25, -0.2) is 0 Å². The van der Waals surface area contributed by atoms with E-state index in [4.69, 9.17) is 11.5 Å². The SMILES string of the molecule is C#C[C@H](O)[C@@H](C)CCC. The summed E-state index contributed by atoms with van der Waals surface area (Å²) in [7, 11) is 0. The Morgan fingerprint density at radius 2 is 2.22 bits per heavy atom. The van der Waals surface area contributed by atoms with Crippen LogP contribution in [0, 0.1) is 18.3 Å². The Morgan fingerprint density at radius 1 is 1.67 bits per heavy atom. The molecule has 0 aromatic carbocycles. The van der Waals surface area contributed by atoms with Crippen molar-refractivity contribution in [3.8, 4) is 12.3 Å². The van der Waals surface area contributed by atoms with Crippen LogP contribution in [0.1, 0.15) is 26.7 Å². The van der Waals surface area contributed by atoms with E-state index in [1.807, 2.05) is 6.92 Å². The summed E-state index contributed by atoms with van der Waals surface area (Å²) in [4.78, 5) is 0. The fraction of sp³-hybridized carbons (Fsp3) is 0.750. The van der Waals surface area contributed by atoms with Crippen LogP contribution in [-0.4, -0.2) is 11.2 Å². The van der Waals surface area contributed by atoms with Crippen molar-refractivity contribution in [2.75, 3.05) is 0 Å². The molecule has 2 atom stereocenters. The van der Waals surface area contributed by atoms with E-state index < -0.39 is 6.10 Å². The Morgan fingerprint density at radius 3 is 2.56 bits per heavy atom. The van der Waals surface area contributed by atoms with Crippen molar-refractivity contribution in [3.63, 3.8) is 0 Å². The van der Waals surface area contributed by atoms with E-state index >= 15 is 0 Å². The summed E-state index contributed by atoms with van der Waals surface area (Å²) in [5, 5.41) is 9.02. The van der Waals surface area contributed by atoms with Crippen LogP contribution < -0.4 is 0 Å². The second kappa shape index (κ2) is 4.40. The molecule has 0 fully saturated rings. The van der Waals surface area contributed by atoms with Crippen molar-refractivity contribution >= 4 is 0 Å². The first-order chi connectivity index (χ1) is 4.22. The molecule has 0 bridgehead atoms. The van der Waals surface area contributed by atoms with Gasteiger partial charge >= 0.3 is 0 Å². The molecule has 0 unspecified atom stereocenters. The predicted octanol–water partition coefficient (Wildman–Crippen LogP) is 1.42. The Kier molecular flexibility index (Phi) is 4.17.